The molecule has 1 aliphatic rings. The van der Waals surface area contributed by atoms with Gasteiger partial charge in [0.25, 0.3) is 5.91 Å². The van der Waals surface area contributed by atoms with Crippen molar-refractivity contribution in [1.29, 1.82) is 0 Å². The van der Waals surface area contributed by atoms with Gasteiger partial charge in [-0.2, -0.15) is 0 Å². The van der Waals surface area contributed by atoms with Crippen LogP contribution in [-0.2, 0) is 4.79 Å². The van der Waals surface area contributed by atoms with Crippen molar-refractivity contribution in [2.45, 2.75) is 32.7 Å². The van der Waals surface area contributed by atoms with Gasteiger partial charge in [0.1, 0.15) is 5.54 Å². The molecule has 0 aromatic rings. The van der Waals surface area contributed by atoms with Crippen molar-refractivity contribution < 1.29 is 14.7 Å². The van der Waals surface area contributed by atoms with E-state index < -0.39 is 5.54 Å². The van der Waals surface area contributed by atoms with E-state index in [-0.39, 0.29) is 18.5 Å². The zero-order valence-electron chi connectivity index (χ0n) is 11.4. The minimum absolute atomic E-state index is 0.159. The van der Waals surface area contributed by atoms with E-state index in [0.717, 1.165) is 13.1 Å². The van der Waals surface area contributed by atoms with Gasteiger partial charge in [0, 0.05) is 26.2 Å². The number of nitrogens with one attached hydrogen (secondary N) is 1. The van der Waals surface area contributed by atoms with Crippen LogP contribution in [0.1, 0.15) is 27.2 Å². The molecule has 6 heteroatoms. The summed E-state index contributed by atoms with van der Waals surface area (Å²) in [5.41, 5.74) is -0.792. The number of hydrogen-bond acceptors (Lipinski definition) is 4. The molecule has 1 saturated heterocycles. The molecule has 1 rings (SSSR count). The summed E-state index contributed by atoms with van der Waals surface area (Å²) in [5.74, 6) is -0.175. The Hall–Kier alpha value is -1.14. The lowest BCUT2D eigenvalue weighted by Crippen LogP contribution is -2.42. The smallest absolute Gasteiger partial charge is 0.325 e. The Morgan fingerprint density at radius 2 is 2.00 bits per heavy atom. The molecule has 0 unspecified atom stereocenters. The number of aliphatic hydroxyl groups excluding tert-OH is 1. The fraction of sp³-hybridized carbons (Fsp3) is 0.833. The van der Waals surface area contributed by atoms with E-state index in [0.29, 0.717) is 19.5 Å². The number of likely N-dealkylation sites (N-methyl/N-ethyl adjacent to an activating group) is 1. The lowest BCUT2D eigenvalue weighted by molar-refractivity contribution is -0.130. The van der Waals surface area contributed by atoms with Crippen LogP contribution in [0.4, 0.5) is 4.79 Å². The first-order chi connectivity index (χ1) is 8.42. The molecule has 6 nitrogen and oxygen atoms in total. The maximum Gasteiger partial charge on any atom is 0.325 e. The minimum atomic E-state index is -0.792. The van der Waals surface area contributed by atoms with Crippen molar-refractivity contribution in [3.63, 3.8) is 0 Å². The van der Waals surface area contributed by atoms with Crippen LogP contribution in [0, 0.1) is 0 Å². The summed E-state index contributed by atoms with van der Waals surface area (Å²) in [6.07, 6.45) is 0.708. The van der Waals surface area contributed by atoms with Crippen molar-refractivity contribution in [2.24, 2.45) is 0 Å². The summed E-state index contributed by atoms with van der Waals surface area (Å²) in [7, 11) is 0. The van der Waals surface area contributed by atoms with Crippen LogP contribution in [0.3, 0.4) is 0 Å². The Morgan fingerprint density at radius 3 is 2.44 bits per heavy atom. The van der Waals surface area contributed by atoms with Crippen molar-refractivity contribution in [3.8, 4) is 0 Å². The van der Waals surface area contributed by atoms with Crippen LogP contribution in [0.15, 0.2) is 0 Å². The van der Waals surface area contributed by atoms with E-state index in [9.17, 15) is 9.59 Å². The van der Waals surface area contributed by atoms with Gasteiger partial charge in [0.05, 0.1) is 0 Å². The quantitative estimate of drug-likeness (QED) is 0.631. The first kappa shape index (κ1) is 14.9. The number of amides is 3. The molecule has 1 aliphatic heterocycles. The van der Waals surface area contributed by atoms with Crippen molar-refractivity contribution >= 4 is 11.9 Å². The zero-order chi connectivity index (χ0) is 13.8. The number of carbonyl (C=O) groups is 2. The van der Waals surface area contributed by atoms with Crippen LogP contribution in [0.5, 0.6) is 0 Å². The van der Waals surface area contributed by atoms with Crippen LogP contribution >= 0.6 is 0 Å². The fourth-order valence-electron chi connectivity index (χ4n) is 1.98. The monoisotopic (exact) mass is 257 g/mol. The lowest BCUT2D eigenvalue weighted by atomic mass is 10.1. The molecular weight excluding hydrogens is 234 g/mol. The Labute approximate surface area is 108 Å². The summed E-state index contributed by atoms with van der Waals surface area (Å²) < 4.78 is 0. The molecule has 3 amide bonds. The topological polar surface area (TPSA) is 72.9 Å². The second-order valence-electron chi connectivity index (χ2n) is 5.02. The van der Waals surface area contributed by atoms with Gasteiger partial charge < -0.3 is 15.3 Å². The highest BCUT2D eigenvalue weighted by Crippen LogP contribution is 2.16. The third-order valence-corrected chi connectivity index (χ3v) is 3.16. The van der Waals surface area contributed by atoms with Crippen LogP contribution in [-0.4, -0.2) is 65.2 Å². The summed E-state index contributed by atoms with van der Waals surface area (Å²) >= 11 is 0. The normalized spacial score (nSPS) is 18.6. The summed E-state index contributed by atoms with van der Waals surface area (Å²) in [4.78, 5) is 27.0. The van der Waals surface area contributed by atoms with E-state index in [1.54, 1.807) is 13.8 Å². The van der Waals surface area contributed by atoms with Gasteiger partial charge >= 0.3 is 6.03 Å². The maximum atomic E-state index is 11.9. The van der Waals surface area contributed by atoms with E-state index >= 15 is 0 Å². The number of rotatable bonds is 7. The third kappa shape index (κ3) is 3.43. The standard InChI is InChI=1S/C12H23N3O3/c1-4-14(6-5-9-16)7-8-15-10(17)12(2,3)13-11(15)18/h16H,4-9H2,1-3H3,(H,13,18). The largest absolute Gasteiger partial charge is 0.396 e. The summed E-state index contributed by atoms with van der Waals surface area (Å²) in [6.45, 7) is 8.25. The lowest BCUT2D eigenvalue weighted by Gasteiger charge is -2.23. The van der Waals surface area contributed by atoms with Gasteiger partial charge in [-0.15, -0.1) is 0 Å². The maximum absolute atomic E-state index is 11.9. The van der Waals surface area contributed by atoms with E-state index in [1.165, 1.54) is 4.90 Å². The number of imide groups is 1. The van der Waals surface area contributed by atoms with Gasteiger partial charge in [-0.1, -0.05) is 6.92 Å². The van der Waals surface area contributed by atoms with Gasteiger partial charge in [0.2, 0.25) is 0 Å². The molecule has 0 aromatic heterocycles. The van der Waals surface area contributed by atoms with Crippen LogP contribution < -0.4 is 5.32 Å². The van der Waals surface area contributed by atoms with Crippen LogP contribution in [0.25, 0.3) is 0 Å². The molecule has 0 bridgehead atoms. The Bertz CT molecular complexity index is 318. The Morgan fingerprint density at radius 1 is 1.33 bits per heavy atom. The molecule has 0 spiro atoms. The van der Waals surface area contributed by atoms with Gasteiger partial charge in [-0.3, -0.25) is 9.69 Å². The molecule has 0 radical (unpaired) electrons. The second-order valence-corrected chi connectivity index (χ2v) is 5.02. The fourth-order valence-corrected chi connectivity index (χ4v) is 1.98. The van der Waals surface area contributed by atoms with Crippen molar-refractivity contribution in [3.05, 3.63) is 0 Å². The SMILES string of the molecule is CCN(CCCO)CCN1C(=O)NC(C)(C)C1=O. The molecule has 0 aromatic carbocycles. The first-order valence-electron chi connectivity index (χ1n) is 6.39. The number of aliphatic hydroxyl groups is 1. The highest BCUT2D eigenvalue weighted by atomic mass is 16.3. The second kappa shape index (κ2) is 6.15. The predicted octanol–water partition coefficient (Wildman–Crippen LogP) is 0.0211. The predicted molar refractivity (Wildman–Crippen MR) is 68.1 cm³/mol. The molecule has 0 saturated carbocycles. The molecule has 2 N–H and O–H groups in total. The number of carbonyl (C=O) groups excluding carboxylic acids is 2. The molecule has 1 fully saturated rings. The zero-order valence-corrected chi connectivity index (χ0v) is 11.4. The van der Waals surface area contributed by atoms with E-state index in [4.69, 9.17) is 5.11 Å². The van der Waals surface area contributed by atoms with Crippen molar-refractivity contribution in [1.82, 2.24) is 15.1 Å². The summed E-state index contributed by atoms with van der Waals surface area (Å²) in [6, 6.07) is -0.316. The summed E-state index contributed by atoms with van der Waals surface area (Å²) in [5, 5.41) is 11.4. The molecule has 104 valence electrons. The molecule has 18 heavy (non-hydrogen) atoms. The van der Waals surface area contributed by atoms with Gasteiger partial charge in [0.15, 0.2) is 0 Å². The minimum Gasteiger partial charge on any atom is -0.396 e. The average molecular weight is 257 g/mol. The van der Waals surface area contributed by atoms with Gasteiger partial charge in [-0.05, 0) is 26.8 Å². The third-order valence-electron chi connectivity index (χ3n) is 3.16. The number of hydrogen-bond donors (Lipinski definition) is 2. The first-order valence-corrected chi connectivity index (χ1v) is 6.39. The van der Waals surface area contributed by atoms with Crippen molar-refractivity contribution in [2.75, 3.05) is 32.8 Å². The highest BCUT2D eigenvalue weighted by Gasteiger charge is 2.43. The Balaban J connectivity index is 2.47. The molecule has 0 atom stereocenters. The van der Waals surface area contributed by atoms with Gasteiger partial charge in [-0.25, -0.2) is 4.79 Å². The molecule has 0 aliphatic carbocycles. The van der Waals surface area contributed by atoms with Crippen LogP contribution in [0.2, 0.25) is 0 Å². The number of nitrogens with zero attached hydrogens (tertiary/aromatic N) is 2. The van der Waals surface area contributed by atoms with E-state index in [1.807, 2.05) is 6.92 Å². The number of urea groups is 1. The molecule has 1 heterocycles. The Kier molecular flexibility index (Phi) is 5.10. The highest BCUT2D eigenvalue weighted by molar-refractivity contribution is 6.06. The van der Waals surface area contributed by atoms with E-state index in [2.05, 4.69) is 10.2 Å². The average Bonchev–Trinajstić information content (AvgIpc) is 2.50. The molecular formula is C12H23N3O3.